The first-order chi connectivity index (χ1) is 13.6. The van der Waals surface area contributed by atoms with Crippen molar-refractivity contribution < 1.29 is 4.79 Å². The van der Waals surface area contributed by atoms with Crippen LogP contribution in [0.4, 0.5) is 23.0 Å². The second kappa shape index (κ2) is 8.99. The summed E-state index contributed by atoms with van der Waals surface area (Å²) in [5.41, 5.74) is 4.36. The fourth-order valence-corrected chi connectivity index (χ4v) is 2.82. The zero-order valence-electron chi connectivity index (χ0n) is 16.4. The van der Waals surface area contributed by atoms with Crippen molar-refractivity contribution in [1.82, 2.24) is 9.97 Å². The average molecular weight is 375 g/mol. The van der Waals surface area contributed by atoms with Crippen molar-refractivity contribution in [1.29, 1.82) is 0 Å². The van der Waals surface area contributed by atoms with Crippen molar-refractivity contribution >= 4 is 28.9 Å². The number of hydrogen-bond donors (Lipinski definition) is 2. The molecule has 28 heavy (non-hydrogen) atoms. The van der Waals surface area contributed by atoms with Crippen LogP contribution in [0.2, 0.25) is 0 Å². The summed E-state index contributed by atoms with van der Waals surface area (Å²) in [5, 5.41) is 5.99. The standard InChI is InChI=1S/C22H25N5O/c1-4-27(5-2)20-12-10-18(11-13-20)25-21(28)17-14-23-22(24-15-17)26-19-8-6-16(3)7-9-19/h6-15H,4-5H2,1-3H3,(H,25,28)(H,23,24,26). The fourth-order valence-electron chi connectivity index (χ4n) is 2.82. The lowest BCUT2D eigenvalue weighted by Crippen LogP contribution is -2.21. The number of carbonyl (C=O) groups is 1. The lowest BCUT2D eigenvalue weighted by Gasteiger charge is -2.21. The minimum Gasteiger partial charge on any atom is -0.372 e. The molecule has 6 heteroatoms. The minimum absolute atomic E-state index is 0.238. The summed E-state index contributed by atoms with van der Waals surface area (Å²) in [4.78, 5) is 23.1. The van der Waals surface area contributed by atoms with Crippen LogP contribution in [0.3, 0.4) is 0 Å². The maximum absolute atomic E-state index is 12.4. The van der Waals surface area contributed by atoms with Gasteiger partial charge in [-0.05, 0) is 57.2 Å². The largest absolute Gasteiger partial charge is 0.372 e. The fraction of sp³-hybridized carbons (Fsp3) is 0.227. The maximum atomic E-state index is 12.4. The summed E-state index contributed by atoms with van der Waals surface area (Å²) in [7, 11) is 0. The Hall–Kier alpha value is -3.41. The van der Waals surface area contributed by atoms with Gasteiger partial charge in [0.1, 0.15) is 0 Å². The van der Waals surface area contributed by atoms with Gasteiger partial charge in [0.05, 0.1) is 5.56 Å². The molecule has 6 nitrogen and oxygen atoms in total. The van der Waals surface area contributed by atoms with E-state index in [1.807, 2.05) is 55.5 Å². The maximum Gasteiger partial charge on any atom is 0.258 e. The molecule has 0 aliphatic rings. The molecule has 0 radical (unpaired) electrons. The summed E-state index contributed by atoms with van der Waals surface area (Å²) < 4.78 is 0. The molecule has 0 saturated heterocycles. The van der Waals surface area contributed by atoms with Gasteiger partial charge in [0.15, 0.2) is 0 Å². The normalized spacial score (nSPS) is 10.4. The van der Waals surface area contributed by atoms with Gasteiger partial charge < -0.3 is 15.5 Å². The molecule has 3 rings (SSSR count). The van der Waals surface area contributed by atoms with Gasteiger partial charge in [-0.1, -0.05) is 17.7 Å². The van der Waals surface area contributed by atoms with Crippen LogP contribution in [0.5, 0.6) is 0 Å². The average Bonchev–Trinajstić information content (AvgIpc) is 2.72. The molecule has 0 fully saturated rings. The van der Waals surface area contributed by atoms with Crippen LogP contribution in [0, 0.1) is 6.92 Å². The second-order valence-electron chi connectivity index (χ2n) is 6.46. The first-order valence-corrected chi connectivity index (χ1v) is 9.41. The first kappa shape index (κ1) is 19.4. The predicted octanol–water partition coefficient (Wildman–Crippen LogP) is 4.63. The van der Waals surface area contributed by atoms with E-state index in [0.29, 0.717) is 11.5 Å². The van der Waals surface area contributed by atoms with Crippen molar-refractivity contribution in [3.05, 3.63) is 72.1 Å². The molecule has 0 saturated carbocycles. The van der Waals surface area contributed by atoms with E-state index in [0.717, 1.165) is 30.2 Å². The van der Waals surface area contributed by atoms with Gasteiger partial charge in [-0.25, -0.2) is 9.97 Å². The SMILES string of the molecule is CCN(CC)c1ccc(NC(=O)c2cnc(Nc3ccc(C)cc3)nc2)cc1. The van der Waals surface area contributed by atoms with Gasteiger partial charge >= 0.3 is 0 Å². The van der Waals surface area contributed by atoms with Gasteiger partial charge in [-0.3, -0.25) is 4.79 Å². The Morgan fingerprint density at radius 2 is 1.46 bits per heavy atom. The summed E-state index contributed by atoms with van der Waals surface area (Å²) >= 11 is 0. The highest BCUT2D eigenvalue weighted by atomic mass is 16.1. The van der Waals surface area contributed by atoms with Crippen LogP contribution in [-0.2, 0) is 0 Å². The summed E-state index contributed by atoms with van der Waals surface area (Å²) in [6.07, 6.45) is 3.03. The van der Waals surface area contributed by atoms with Gasteiger partial charge in [-0.15, -0.1) is 0 Å². The Labute approximate surface area is 165 Å². The molecule has 0 atom stereocenters. The number of amides is 1. The Morgan fingerprint density at radius 1 is 0.893 bits per heavy atom. The first-order valence-electron chi connectivity index (χ1n) is 9.41. The summed E-state index contributed by atoms with van der Waals surface area (Å²) in [6.45, 7) is 8.17. The van der Waals surface area contributed by atoms with Crippen LogP contribution in [0.25, 0.3) is 0 Å². The van der Waals surface area contributed by atoms with E-state index in [2.05, 4.69) is 39.3 Å². The van der Waals surface area contributed by atoms with Gasteiger partial charge in [0, 0.05) is 42.5 Å². The number of anilines is 4. The van der Waals surface area contributed by atoms with Gasteiger partial charge in [0.2, 0.25) is 5.95 Å². The summed E-state index contributed by atoms with van der Waals surface area (Å²) in [6, 6.07) is 15.8. The molecule has 0 spiro atoms. The predicted molar refractivity (Wildman–Crippen MR) is 114 cm³/mol. The number of aromatic nitrogens is 2. The highest BCUT2D eigenvalue weighted by Crippen LogP contribution is 2.18. The smallest absolute Gasteiger partial charge is 0.258 e. The molecular weight excluding hydrogens is 350 g/mol. The molecule has 1 heterocycles. The van der Waals surface area contributed by atoms with E-state index < -0.39 is 0 Å². The zero-order valence-corrected chi connectivity index (χ0v) is 16.4. The van der Waals surface area contributed by atoms with Crippen LogP contribution in [0.1, 0.15) is 29.8 Å². The lowest BCUT2D eigenvalue weighted by atomic mass is 10.2. The van der Waals surface area contributed by atoms with Gasteiger partial charge in [0.25, 0.3) is 5.91 Å². The molecule has 1 amide bonds. The van der Waals surface area contributed by atoms with E-state index in [4.69, 9.17) is 0 Å². The number of benzene rings is 2. The third kappa shape index (κ3) is 4.85. The number of carbonyl (C=O) groups excluding carboxylic acids is 1. The van der Waals surface area contributed by atoms with Crippen molar-refractivity contribution in [2.45, 2.75) is 20.8 Å². The van der Waals surface area contributed by atoms with E-state index in [1.54, 1.807) is 0 Å². The Bertz CT molecular complexity index is 901. The molecule has 0 bridgehead atoms. The van der Waals surface area contributed by atoms with Crippen molar-refractivity contribution in [3.8, 4) is 0 Å². The molecular formula is C22H25N5O. The third-order valence-corrected chi connectivity index (χ3v) is 4.48. The van der Waals surface area contributed by atoms with Crippen molar-refractivity contribution in [2.24, 2.45) is 0 Å². The molecule has 1 aromatic heterocycles. The van der Waals surface area contributed by atoms with E-state index in [1.165, 1.54) is 18.0 Å². The van der Waals surface area contributed by atoms with Crippen LogP contribution in [0.15, 0.2) is 60.9 Å². The highest BCUT2D eigenvalue weighted by molar-refractivity contribution is 6.04. The van der Waals surface area contributed by atoms with Gasteiger partial charge in [-0.2, -0.15) is 0 Å². The minimum atomic E-state index is -0.238. The van der Waals surface area contributed by atoms with E-state index in [9.17, 15) is 4.79 Å². The number of aryl methyl sites for hydroxylation is 1. The molecule has 0 aliphatic heterocycles. The van der Waals surface area contributed by atoms with Crippen LogP contribution >= 0.6 is 0 Å². The molecule has 0 unspecified atom stereocenters. The van der Waals surface area contributed by atoms with Crippen molar-refractivity contribution in [2.75, 3.05) is 28.6 Å². The van der Waals surface area contributed by atoms with Crippen LogP contribution < -0.4 is 15.5 Å². The third-order valence-electron chi connectivity index (χ3n) is 4.48. The number of hydrogen-bond acceptors (Lipinski definition) is 5. The topological polar surface area (TPSA) is 70.2 Å². The second-order valence-corrected chi connectivity index (χ2v) is 6.46. The highest BCUT2D eigenvalue weighted by Gasteiger charge is 2.09. The molecule has 2 aromatic carbocycles. The number of rotatable bonds is 7. The van der Waals surface area contributed by atoms with Crippen molar-refractivity contribution in [3.63, 3.8) is 0 Å². The molecule has 144 valence electrons. The quantitative estimate of drug-likeness (QED) is 0.630. The number of nitrogens with one attached hydrogen (secondary N) is 2. The summed E-state index contributed by atoms with van der Waals surface area (Å²) in [5.74, 6) is 0.210. The van der Waals surface area contributed by atoms with E-state index >= 15 is 0 Å². The zero-order chi connectivity index (χ0) is 19.9. The Morgan fingerprint density at radius 3 is 2.04 bits per heavy atom. The van der Waals surface area contributed by atoms with E-state index in [-0.39, 0.29) is 5.91 Å². The number of nitrogens with zero attached hydrogens (tertiary/aromatic N) is 3. The molecule has 0 aliphatic carbocycles. The Kier molecular flexibility index (Phi) is 6.22. The Balaban J connectivity index is 1.62. The lowest BCUT2D eigenvalue weighted by molar-refractivity contribution is 0.102. The van der Waals surface area contributed by atoms with Crippen LogP contribution in [-0.4, -0.2) is 29.0 Å². The molecule has 3 aromatic rings. The monoisotopic (exact) mass is 375 g/mol. The molecule has 2 N–H and O–H groups in total.